The highest BCUT2D eigenvalue weighted by Gasteiger charge is 2.26. The van der Waals surface area contributed by atoms with Gasteiger partial charge in [-0.1, -0.05) is 41.5 Å². The van der Waals surface area contributed by atoms with Crippen molar-refractivity contribution in [2.75, 3.05) is 19.7 Å². The summed E-state index contributed by atoms with van der Waals surface area (Å²) in [6.45, 7) is 3.99. The molecular formula is C11H14Cl2N2O2S. The Balaban J connectivity index is 2.14. The summed E-state index contributed by atoms with van der Waals surface area (Å²) in [6.07, 6.45) is 1.80. The van der Waals surface area contributed by atoms with Crippen LogP contribution in [-0.2, 0) is 4.74 Å². The third-order valence-corrected chi connectivity index (χ3v) is 4.21. The minimum atomic E-state index is -0.160. The minimum absolute atomic E-state index is 0.0873. The van der Waals surface area contributed by atoms with Gasteiger partial charge in [0.15, 0.2) is 10.2 Å². The predicted molar refractivity (Wildman–Crippen MR) is 72.7 cm³/mol. The molecule has 0 N–H and O–H groups in total. The van der Waals surface area contributed by atoms with E-state index in [2.05, 4.69) is 4.98 Å². The van der Waals surface area contributed by atoms with Gasteiger partial charge in [0, 0.05) is 19.7 Å². The van der Waals surface area contributed by atoms with Gasteiger partial charge >= 0.3 is 0 Å². The van der Waals surface area contributed by atoms with Gasteiger partial charge in [-0.2, -0.15) is 0 Å². The van der Waals surface area contributed by atoms with Crippen molar-refractivity contribution >= 4 is 40.4 Å². The molecule has 0 radical (unpaired) electrons. The van der Waals surface area contributed by atoms with Gasteiger partial charge in [-0.05, 0) is 12.8 Å². The summed E-state index contributed by atoms with van der Waals surface area (Å²) in [5.41, 5.74) is 0.253. The molecule has 1 atom stereocenters. The Labute approximate surface area is 120 Å². The fourth-order valence-electron chi connectivity index (χ4n) is 1.89. The van der Waals surface area contributed by atoms with Gasteiger partial charge < -0.3 is 9.64 Å². The summed E-state index contributed by atoms with van der Waals surface area (Å²) < 4.78 is 6.28. The van der Waals surface area contributed by atoms with Crippen molar-refractivity contribution in [2.45, 2.75) is 25.9 Å². The number of amides is 1. The van der Waals surface area contributed by atoms with Crippen LogP contribution in [0.15, 0.2) is 0 Å². The number of hydrogen-bond acceptors (Lipinski definition) is 4. The Morgan fingerprint density at radius 3 is 3.00 bits per heavy atom. The lowest BCUT2D eigenvalue weighted by atomic mass is 10.2. The highest BCUT2D eigenvalue weighted by atomic mass is 35.5. The van der Waals surface area contributed by atoms with Gasteiger partial charge in [-0.25, -0.2) is 4.98 Å². The Hall–Kier alpha value is -0.360. The van der Waals surface area contributed by atoms with Crippen molar-refractivity contribution in [1.29, 1.82) is 0 Å². The standard InChI is InChI=1S/C11H14Cl2N2O2S/c1-2-7-6-15(4-3-5-17-7)10(16)8-9(12)18-11(13)14-8/h7H,2-6H2,1H3. The number of carbonyl (C=O) groups is 1. The molecule has 0 aliphatic carbocycles. The lowest BCUT2D eigenvalue weighted by Gasteiger charge is -2.22. The number of ether oxygens (including phenoxy) is 1. The molecule has 1 unspecified atom stereocenters. The molecule has 0 aromatic carbocycles. The molecule has 7 heteroatoms. The minimum Gasteiger partial charge on any atom is -0.376 e. The van der Waals surface area contributed by atoms with Gasteiger partial charge in [0.1, 0.15) is 4.34 Å². The molecule has 4 nitrogen and oxygen atoms in total. The molecule has 2 heterocycles. The second kappa shape index (κ2) is 6.19. The zero-order chi connectivity index (χ0) is 13.1. The van der Waals surface area contributed by atoms with Crippen LogP contribution in [-0.4, -0.2) is 41.6 Å². The van der Waals surface area contributed by atoms with E-state index in [9.17, 15) is 4.79 Å². The van der Waals surface area contributed by atoms with Crippen LogP contribution in [0.25, 0.3) is 0 Å². The van der Waals surface area contributed by atoms with Crippen LogP contribution in [0.1, 0.15) is 30.3 Å². The maximum Gasteiger partial charge on any atom is 0.275 e. The number of carbonyl (C=O) groups excluding carboxylic acids is 1. The van der Waals surface area contributed by atoms with Crippen LogP contribution >= 0.6 is 34.5 Å². The van der Waals surface area contributed by atoms with Crippen molar-refractivity contribution in [2.24, 2.45) is 0 Å². The average molecular weight is 309 g/mol. The van der Waals surface area contributed by atoms with Crippen LogP contribution in [0.4, 0.5) is 0 Å². The number of thiazole rings is 1. The number of halogens is 2. The second-order valence-corrected chi connectivity index (χ2v) is 6.28. The molecule has 18 heavy (non-hydrogen) atoms. The Morgan fingerprint density at radius 2 is 2.39 bits per heavy atom. The maximum absolute atomic E-state index is 12.3. The molecule has 1 saturated heterocycles. The molecule has 1 amide bonds. The van der Waals surface area contributed by atoms with E-state index in [1.54, 1.807) is 4.90 Å². The normalized spacial score (nSPS) is 20.8. The molecule has 100 valence electrons. The zero-order valence-electron chi connectivity index (χ0n) is 9.99. The van der Waals surface area contributed by atoms with Crippen molar-refractivity contribution in [3.05, 3.63) is 14.5 Å². The first-order chi connectivity index (χ1) is 8.61. The number of rotatable bonds is 2. The van der Waals surface area contributed by atoms with Crippen LogP contribution < -0.4 is 0 Å². The summed E-state index contributed by atoms with van der Waals surface area (Å²) in [4.78, 5) is 18.1. The van der Waals surface area contributed by atoms with E-state index in [-0.39, 0.29) is 17.7 Å². The smallest absolute Gasteiger partial charge is 0.275 e. The highest BCUT2D eigenvalue weighted by Crippen LogP contribution is 2.28. The molecule has 0 saturated carbocycles. The number of hydrogen-bond donors (Lipinski definition) is 0. The van der Waals surface area contributed by atoms with Gasteiger partial charge in [0.05, 0.1) is 6.10 Å². The monoisotopic (exact) mass is 308 g/mol. The van der Waals surface area contributed by atoms with E-state index < -0.39 is 0 Å². The van der Waals surface area contributed by atoms with Gasteiger partial charge in [0.25, 0.3) is 5.91 Å². The van der Waals surface area contributed by atoms with E-state index >= 15 is 0 Å². The van der Waals surface area contributed by atoms with E-state index in [1.165, 1.54) is 0 Å². The first-order valence-electron chi connectivity index (χ1n) is 5.84. The Bertz CT molecular complexity index is 439. The van der Waals surface area contributed by atoms with Crippen LogP contribution in [0.5, 0.6) is 0 Å². The summed E-state index contributed by atoms with van der Waals surface area (Å²) in [7, 11) is 0. The topological polar surface area (TPSA) is 42.4 Å². The maximum atomic E-state index is 12.3. The second-order valence-electron chi connectivity index (χ2n) is 4.09. The fourth-order valence-corrected chi connectivity index (χ4v) is 3.18. The summed E-state index contributed by atoms with van der Waals surface area (Å²) in [5, 5.41) is 0. The quantitative estimate of drug-likeness (QED) is 0.843. The fraction of sp³-hybridized carbons (Fsp3) is 0.636. The number of aromatic nitrogens is 1. The van der Waals surface area contributed by atoms with Crippen molar-refractivity contribution in [3.63, 3.8) is 0 Å². The largest absolute Gasteiger partial charge is 0.376 e. The zero-order valence-corrected chi connectivity index (χ0v) is 12.3. The molecule has 1 aliphatic heterocycles. The number of nitrogens with zero attached hydrogens (tertiary/aromatic N) is 2. The summed E-state index contributed by atoms with van der Waals surface area (Å²) >= 11 is 12.8. The lowest BCUT2D eigenvalue weighted by Crippen LogP contribution is -2.37. The van der Waals surface area contributed by atoms with Crippen molar-refractivity contribution in [1.82, 2.24) is 9.88 Å². The van der Waals surface area contributed by atoms with Crippen molar-refractivity contribution in [3.8, 4) is 0 Å². The van der Waals surface area contributed by atoms with Gasteiger partial charge in [0.2, 0.25) is 0 Å². The van der Waals surface area contributed by atoms with Gasteiger partial charge in [-0.15, -0.1) is 0 Å². The van der Waals surface area contributed by atoms with Gasteiger partial charge in [-0.3, -0.25) is 4.79 Å². The molecule has 1 aromatic rings. The third kappa shape index (κ3) is 3.15. The van der Waals surface area contributed by atoms with E-state index in [1.807, 2.05) is 6.92 Å². The van der Waals surface area contributed by atoms with Crippen LogP contribution in [0.2, 0.25) is 8.80 Å². The van der Waals surface area contributed by atoms with Crippen molar-refractivity contribution < 1.29 is 9.53 Å². The molecule has 1 aromatic heterocycles. The van der Waals surface area contributed by atoms with E-state index in [0.717, 1.165) is 24.2 Å². The third-order valence-electron chi connectivity index (χ3n) is 2.85. The summed E-state index contributed by atoms with van der Waals surface area (Å²) in [5.74, 6) is -0.160. The highest BCUT2D eigenvalue weighted by molar-refractivity contribution is 7.19. The Kier molecular flexibility index (Phi) is 4.84. The van der Waals surface area contributed by atoms with Crippen LogP contribution in [0, 0.1) is 0 Å². The predicted octanol–water partition coefficient (Wildman–Crippen LogP) is 3.09. The Morgan fingerprint density at radius 1 is 1.61 bits per heavy atom. The molecule has 2 rings (SSSR count). The van der Waals surface area contributed by atoms with E-state index in [4.69, 9.17) is 27.9 Å². The van der Waals surface area contributed by atoms with Crippen LogP contribution in [0.3, 0.4) is 0 Å². The first kappa shape index (κ1) is 14.1. The lowest BCUT2D eigenvalue weighted by molar-refractivity contribution is 0.0458. The first-order valence-corrected chi connectivity index (χ1v) is 7.41. The molecular weight excluding hydrogens is 295 g/mol. The average Bonchev–Trinajstić information content (AvgIpc) is 2.57. The van der Waals surface area contributed by atoms with E-state index in [0.29, 0.717) is 28.5 Å². The summed E-state index contributed by atoms with van der Waals surface area (Å²) in [6, 6.07) is 0. The molecule has 0 bridgehead atoms. The SMILES string of the molecule is CCC1CN(C(=O)c2nc(Cl)sc2Cl)CCCO1. The molecule has 1 aliphatic rings. The molecule has 1 fully saturated rings. The molecule has 0 spiro atoms.